The van der Waals surface area contributed by atoms with E-state index in [1.54, 1.807) is 7.11 Å². The molecule has 1 heterocycles. The summed E-state index contributed by atoms with van der Waals surface area (Å²) in [7, 11) is 1.70. The first kappa shape index (κ1) is 15.7. The van der Waals surface area contributed by atoms with Crippen LogP contribution in [-0.4, -0.2) is 38.3 Å². The third-order valence-corrected chi connectivity index (χ3v) is 4.53. The number of piperidine rings is 1. The van der Waals surface area contributed by atoms with Gasteiger partial charge in [0, 0.05) is 25.2 Å². The van der Waals surface area contributed by atoms with Gasteiger partial charge in [0.2, 0.25) is 0 Å². The number of ether oxygens (including phenoxy) is 1. The molecule has 2 aliphatic rings. The molecule has 0 unspecified atom stereocenters. The molecule has 5 heteroatoms. The second-order valence-corrected chi connectivity index (χ2v) is 6.21. The van der Waals surface area contributed by atoms with E-state index in [0.29, 0.717) is 0 Å². The molecule has 2 amide bonds. The molecule has 3 rings (SSSR count). The van der Waals surface area contributed by atoms with Crippen LogP contribution in [0.2, 0.25) is 0 Å². The maximum Gasteiger partial charge on any atom is 0.315 e. The minimum Gasteiger partial charge on any atom is -0.495 e. The Hall–Kier alpha value is -2.17. The van der Waals surface area contributed by atoms with Crippen LogP contribution in [0.3, 0.4) is 0 Å². The number of urea groups is 1. The second-order valence-electron chi connectivity index (χ2n) is 6.21. The van der Waals surface area contributed by atoms with Crippen LogP contribution in [0.1, 0.15) is 25.7 Å². The summed E-state index contributed by atoms with van der Waals surface area (Å²) in [5, 5.41) is 6.17. The molecular weight excluding hydrogens is 290 g/mol. The van der Waals surface area contributed by atoms with Crippen LogP contribution in [0.4, 0.5) is 10.5 Å². The lowest BCUT2D eigenvalue weighted by atomic mass is 10.0. The molecular formula is C18H25N3O2. The molecule has 1 aliphatic carbocycles. The Morgan fingerprint density at radius 3 is 2.70 bits per heavy atom. The number of hydrogen-bond donors (Lipinski definition) is 2. The zero-order chi connectivity index (χ0) is 16.1. The number of rotatable bonds is 4. The van der Waals surface area contributed by atoms with Crippen molar-refractivity contribution in [1.82, 2.24) is 10.6 Å². The predicted molar refractivity (Wildman–Crippen MR) is 92.1 cm³/mol. The summed E-state index contributed by atoms with van der Waals surface area (Å²) in [6.07, 6.45) is 8.19. The standard InChI is InChI=1S/C18H25N3O2/c1-23-17-11-5-4-10-16(17)21-12-6-9-15(13-21)20-18(22)19-14-7-2-3-8-14/h2-5,10-11,14-15H,6-9,12-13H2,1H3,(H2,19,20,22)/t15-/m1/s1. The fourth-order valence-electron chi connectivity index (χ4n) is 3.35. The lowest BCUT2D eigenvalue weighted by Crippen LogP contribution is -2.52. The minimum atomic E-state index is -0.0504. The Labute approximate surface area is 137 Å². The highest BCUT2D eigenvalue weighted by atomic mass is 16.5. The van der Waals surface area contributed by atoms with Gasteiger partial charge < -0.3 is 20.3 Å². The summed E-state index contributed by atoms with van der Waals surface area (Å²) in [5.41, 5.74) is 1.10. The van der Waals surface area contributed by atoms with Crippen molar-refractivity contribution < 1.29 is 9.53 Å². The van der Waals surface area contributed by atoms with E-state index in [1.165, 1.54) is 0 Å². The summed E-state index contributed by atoms with van der Waals surface area (Å²) in [4.78, 5) is 14.4. The minimum absolute atomic E-state index is 0.0504. The van der Waals surface area contributed by atoms with Crippen molar-refractivity contribution in [1.29, 1.82) is 0 Å². The number of benzene rings is 1. The summed E-state index contributed by atoms with van der Waals surface area (Å²) < 4.78 is 5.46. The van der Waals surface area contributed by atoms with Gasteiger partial charge in [0.1, 0.15) is 5.75 Å². The lowest BCUT2D eigenvalue weighted by molar-refractivity contribution is 0.231. The zero-order valence-corrected chi connectivity index (χ0v) is 13.6. The van der Waals surface area contributed by atoms with Gasteiger partial charge in [-0.25, -0.2) is 4.79 Å². The number of carbonyl (C=O) groups excluding carboxylic acids is 1. The molecule has 1 atom stereocenters. The fourth-order valence-corrected chi connectivity index (χ4v) is 3.35. The molecule has 2 N–H and O–H groups in total. The first-order valence-electron chi connectivity index (χ1n) is 8.36. The first-order valence-corrected chi connectivity index (χ1v) is 8.36. The van der Waals surface area contributed by atoms with Gasteiger partial charge in [0.05, 0.1) is 12.8 Å². The van der Waals surface area contributed by atoms with Gasteiger partial charge >= 0.3 is 6.03 Å². The molecule has 5 nitrogen and oxygen atoms in total. The van der Waals surface area contributed by atoms with E-state index in [9.17, 15) is 4.79 Å². The predicted octanol–water partition coefficient (Wildman–Crippen LogP) is 2.68. The maximum absolute atomic E-state index is 12.1. The lowest BCUT2D eigenvalue weighted by Gasteiger charge is -2.35. The molecule has 0 radical (unpaired) electrons. The van der Waals surface area contributed by atoms with Gasteiger partial charge in [-0.05, 0) is 37.8 Å². The Morgan fingerprint density at radius 1 is 1.17 bits per heavy atom. The van der Waals surface area contributed by atoms with Crippen molar-refractivity contribution in [2.24, 2.45) is 0 Å². The SMILES string of the molecule is COc1ccccc1N1CCC[C@@H](NC(=O)NC2CC=CC2)C1. The van der Waals surface area contributed by atoms with Crippen LogP contribution in [0.5, 0.6) is 5.75 Å². The van der Waals surface area contributed by atoms with Crippen LogP contribution < -0.4 is 20.3 Å². The van der Waals surface area contributed by atoms with Crippen LogP contribution in [0, 0.1) is 0 Å². The van der Waals surface area contributed by atoms with Gasteiger partial charge in [-0.3, -0.25) is 0 Å². The van der Waals surface area contributed by atoms with Crippen molar-refractivity contribution in [3.63, 3.8) is 0 Å². The Kier molecular flexibility index (Phi) is 5.05. The molecule has 1 fully saturated rings. The molecule has 1 saturated heterocycles. The number of nitrogens with one attached hydrogen (secondary N) is 2. The summed E-state index contributed by atoms with van der Waals surface area (Å²) in [6.45, 7) is 1.81. The van der Waals surface area contributed by atoms with Crippen LogP contribution in [0.25, 0.3) is 0 Å². The summed E-state index contributed by atoms with van der Waals surface area (Å²) in [5.74, 6) is 0.884. The molecule has 124 valence electrons. The molecule has 0 saturated carbocycles. The van der Waals surface area contributed by atoms with Gasteiger partial charge in [0.15, 0.2) is 0 Å². The van der Waals surface area contributed by atoms with Gasteiger partial charge in [-0.1, -0.05) is 24.3 Å². The Balaban J connectivity index is 1.56. The average Bonchev–Trinajstić information content (AvgIpc) is 3.07. The third kappa shape index (κ3) is 3.97. The Bertz CT molecular complexity index is 565. The van der Waals surface area contributed by atoms with E-state index in [1.807, 2.05) is 18.2 Å². The quantitative estimate of drug-likeness (QED) is 0.840. The number of carbonyl (C=O) groups is 1. The van der Waals surface area contributed by atoms with Gasteiger partial charge in [0.25, 0.3) is 0 Å². The third-order valence-electron chi connectivity index (χ3n) is 4.53. The smallest absolute Gasteiger partial charge is 0.315 e. The van der Waals surface area contributed by atoms with Crippen molar-refractivity contribution in [2.45, 2.75) is 37.8 Å². The van der Waals surface area contributed by atoms with Crippen LogP contribution in [0.15, 0.2) is 36.4 Å². The first-order chi connectivity index (χ1) is 11.3. The highest BCUT2D eigenvalue weighted by Crippen LogP contribution is 2.29. The average molecular weight is 315 g/mol. The highest BCUT2D eigenvalue weighted by Gasteiger charge is 2.24. The largest absolute Gasteiger partial charge is 0.495 e. The molecule has 1 aliphatic heterocycles. The van der Waals surface area contributed by atoms with Gasteiger partial charge in [-0.15, -0.1) is 0 Å². The number of anilines is 1. The van der Waals surface area contributed by atoms with Crippen molar-refractivity contribution in [3.8, 4) is 5.75 Å². The van der Waals surface area contributed by atoms with Crippen molar-refractivity contribution in [2.75, 3.05) is 25.1 Å². The van der Waals surface area contributed by atoms with E-state index < -0.39 is 0 Å². The zero-order valence-electron chi connectivity index (χ0n) is 13.6. The van der Waals surface area contributed by atoms with Crippen molar-refractivity contribution in [3.05, 3.63) is 36.4 Å². The number of para-hydroxylation sites is 2. The topological polar surface area (TPSA) is 53.6 Å². The molecule has 0 bridgehead atoms. The second kappa shape index (κ2) is 7.40. The Morgan fingerprint density at radius 2 is 1.91 bits per heavy atom. The number of hydrogen-bond acceptors (Lipinski definition) is 3. The molecule has 1 aromatic carbocycles. The van der Waals surface area contributed by atoms with Gasteiger partial charge in [-0.2, -0.15) is 0 Å². The van der Waals surface area contributed by atoms with E-state index >= 15 is 0 Å². The molecule has 1 aromatic rings. The van der Waals surface area contributed by atoms with Crippen LogP contribution in [-0.2, 0) is 0 Å². The monoisotopic (exact) mass is 315 g/mol. The molecule has 23 heavy (non-hydrogen) atoms. The molecule has 0 spiro atoms. The number of methoxy groups -OCH3 is 1. The fraction of sp³-hybridized carbons (Fsp3) is 0.500. The summed E-state index contributed by atoms with van der Waals surface area (Å²) >= 11 is 0. The van der Waals surface area contributed by atoms with E-state index in [2.05, 4.69) is 33.8 Å². The summed E-state index contributed by atoms with van der Waals surface area (Å²) in [6, 6.07) is 8.43. The number of amides is 2. The van der Waals surface area contributed by atoms with E-state index in [4.69, 9.17) is 4.74 Å². The van der Waals surface area contributed by atoms with E-state index in [-0.39, 0.29) is 18.1 Å². The highest BCUT2D eigenvalue weighted by molar-refractivity contribution is 5.75. The number of nitrogens with zero attached hydrogens (tertiary/aromatic N) is 1. The normalized spacial score (nSPS) is 21.3. The maximum atomic E-state index is 12.1. The van der Waals surface area contributed by atoms with Crippen molar-refractivity contribution >= 4 is 11.7 Å². The van der Waals surface area contributed by atoms with E-state index in [0.717, 1.165) is 50.2 Å². The van der Waals surface area contributed by atoms with Crippen LogP contribution >= 0.6 is 0 Å². The molecule has 0 aromatic heterocycles.